The zero-order valence-corrected chi connectivity index (χ0v) is 17.3. The van der Waals surface area contributed by atoms with Crippen LogP contribution in [0.3, 0.4) is 0 Å². The molecule has 0 heterocycles. The Morgan fingerprint density at radius 3 is 2.21 bits per heavy atom. The van der Waals surface area contributed by atoms with Crippen LogP contribution in [0.25, 0.3) is 10.8 Å². The number of hydrogen-bond donors (Lipinski definition) is 0. The second kappa shape index (κ2) is 11.4. The molecular formula is C19H24O3SiTi. The molecule has 0 radical (unpaired) electrons. The summed E-state index contributed by atoms with van der Waals surface area (Å²) in [5.41, 5.74) is 0. The van der Waals surface area contributed by atoms with Crippen LogP contribution in [-0.2, 0) is 17.0 Å². The molecule has 1 aliphatic rings. The Labute approximate surface area is 151 Å². The van der Waals surface area contributed by atoms with Crippen molar-refractivity contribution in [3.63, 3.8) is 0 Å². The van der Waals surface area contributed by atoms with E-state index in [2.05, 4.69) is 73.8 Å². The van der Waals surface area contributed by atoms with E-state index in [-0.39, 0.29) is 6.19 Å². The number of allylic oxidation sites excluding steroid dienone is 4. The molecule has 0 spiro atoms. The van der Waals surface area contributed by atoms with Crippen LogP contribution >= 0.6 is 0 Å². The van der Waals surface area contributed by atoms with Crippen LogP contribution < -0.4 is 13.5 Å². The van der Waals surface area contributed by atoms with E-state index in [1.807, 2.05) is 0 Å². The molecule has 0 fully saturated rings. The van der Waals surface area contributed by atoms with E-state index < -0.39 is 17.0 Å². The number of rotatable bonds is 3. The van der Waals surface area contributed by atoms with Crippen molar-refractivity contribution >= 4 is 17.0 Å². The average molecular weight is 376 g/mol. The molecule has 126 valence electrons. The van der Waals surface area contributed by atoms with Gasteiger partial charge in [0.25, 0.3) is 0 Å². The van der Waals surface area contributed by atoms with Crippen molar-refractivity contribution in [2.45, 2.75) is 19.5 Å². The van der Waals surface area contributed by atoms with Gasteiger partial charge in [0, 0.05) is 0 Å². The van der Waals surface area contributed by atoms with Gasteiger partial charge < -0.3 is 10.2 Å². The summed E-state index contributed by atoms with van der Waals surface area (Å²) in [6.45, 7) is 4.78. The van der Waals surface area contributed by atoms with Crippen molar-refractivity contribution in [2.24, 2.45) is 0 Å². The van der Waals surface area contributed by atoms with Crippen molar-refractivity contribution in [2.75, 3.05) is 14.2 Å². The third-order valence-electron chi connectivity index (χ3n) is 3.46. The van der Waals surface area contributed by atoms with Crippen LogP contribution in [0.1, 0.15) is 6.42 Å². The molecule has 24 heavy (non-hydrogen) atoms. The Morgan fingerprint density at radius 2 is 1.62 bits per heavy atom. The molecule has 0 bridgehead atoms. The first-order valence-corrected chi connectivity index (χ1v) is 14.0. The molecule has 0 aromatic heterocycles. The molecule has 0 unspecified atom stereocenters. The van der Waals surface area contributed by atoms with Gasteiger partial charge in [-0.1, -0.05) is 0 Å². The Bertz CT molecular complexity index is 747. The fraction of sp³-hybridized carbons (Fsp3) is 0.263. The molecule has 1 aliphatic carbocycles. The molecule has 2 aromatic rings. The van der Waals surface area contributed by atoms with E-state index in [1.165, 1.54) is 10.8 Å². The Morgan fingerprint density at radius 1 is 0.958 bits per heavy atom. The zero-order chi connectivity index (χ0) is 17.9. The monoisotopic (exact) mass is 376 g/mol. The summed E-state index contributed by atoms with van der Waals surface area (Å²) in [5.74, 6) is 1.05. The Balaban J connectivity index is 0.000000671. The summed E-state index contributed by atoms with van der Waals surface area (Å²) in [7, 11) is 1.50. The van der Waals surface area contributed by atoms with Gasteiger partial charge in [-0.15, -0.1) is 0 Å². The normalized spacial score (nSPS) is 11.3. The van der Waals surface area contributed by atoms with Crippen molar-refractivity contribution in [3.8, 4) is 5.75 Å². The Hall–Kier alpha value is -1.17. The van der Waals surface area contributed by atoms with Crippen LogP contribution in [-0.4, -0.2) is 20.4 Å². The van der Waals surface area contributed by atoms with Gasteiger partial charge in [-0.05, 0) is 0 Å². The molecular weight excluding hydrogens is 352 g/mol. The fourth-order valence-corrected chi connectivity index (χ4v) is 10.1. The van der Waals surface area contributed by atoms with Gasteiger partial charge in [0.1, 0.15) is 0 Å². The van der Waals surface area contributed by atoms with E-state index in [1.54, 1.807) is 3.88 Å². The first kappa shape index (κ1) is 20.9. The summed E-state index contributed by atoms with van der Waals surface area (Å²) >= 11 is -1.57. The molecule has 5 heteroatoms. The van der Waals surface area contributed by atoms with Gasteiger partial charge in [0.2, 0.25) is 0 Å². The summed E-state index contributed by atoms with van der Waals surface area (Å²) in [6, 6.07) is 15.0. The molecule has 2 aromatic carbocycles. The van der Waals surface area contributed by atoms with Gasteiger partial charge in [0.15, 0.2) is 0 Å². The second-order valence-electron chi connectivity index (χ2n) is 5.26. The summed E-state index contributed by atoms with van der Waals surface area (Å²) in [6.07, 6.45) is 7.45. The van der Waals surface area contributed by atoms with Crippen LogP contribution in [0.15, 0.2) is 64.6 Å². The predicted molar refractivity (Wildman–Crippen MR) is 95.7 cm³/mol. The van der Waals surface area contributed by atoms with Crippen molar-refractivity contribution in [1.29, 1.82) is 0 Å². The second-order valence-corrected chi connectivity index (χ2v) is 16.2. The van der Waals surface area contributed by atoms with Gasteiger partial charge >= 0.3 is 127 Å². The molecule has 0 saturated carbocycles. The summed E-state index contributed by atoms with van der Waals surface area (Å²) < 4.78 is 8.05. The quantitative estimate of drug-likeness (QED) is 0.774. The first-order valence-electron chi connectivity index (χ1n) is 7.76. The van der Waals surface area contributed by atoms with Crippen LogP contribution in [0.2, 0.25) is 13.1 Å². The zero-order valence-electron chi connectivity index (χ0n) is 14.7. The summed E-state index contributed by atoms with van der Waals surface area (Å²) in [4.78, 5) is 0. The van der Waals surface area contributed by atoms with Gasteiger partial charge in [-0.25, -0.2) is 0 Å². The van der Waals surface area contributed by atoms with Gasteiger partial charge in [0.05, 0.1) is 0 Å². The van der Waals surface area contributed by atoms with Crippen LogP contribution in [0.4, 0.5) is 0 Å². The topological polar surface area (TPSA) is 55.3 Å². The standard InChI is InChI=1S/C10H8O.C5H5.C2H6Si.2CH3O.Ti/c11-10-6-5-8-3-1-2-4-9(8)7-10;1-2-4-5-3-1;1-3-2;2*1-2;/h1-7,11H;1-3H,4H2;1-2H3;2*1H3;/q;;;2*-1;+3/p-1. The third kappa shape index (κ3) is 5.72. The Kier molecular flexibility index (Phi) is 9.91. The minimum absolute atomic E-state index is 0.370. The van der Waals surface area contributed by atoms with E-state index in [0.717, 1.165) is 26.4 Å². The van der Waals surface area contributed by atoms with Gasteiger partial charge in [-0.2, -0.15) is 14.2 Å². The van der Waals surface area contributed by atoms with Crippen molar-refractivity contribution in [3.05, 3.63) is 64.6 Å². The average Bonchev–Trinajstić information content (AvgIpc) is 3.17. The molecule has 0 atom stereocenters. The van der Waals surface area contributed by atoms with E-state index >= 15 is 0 Å². The predicted octanol–water partition coefficient (Wildman–Crippen LogP) is 2.80. The maximum atomic E-state index is 8.25. The maximum absolute atomic E-state index is 8.25. The third-order valence-corrected chi connectivity index (χ3v) is 12.5. The molecule has 0 saturated heterocycles. The van der Waals surface area contributed by atoms with Gasteiger partial charge in [-0.3, -0.25) is 0 Å². The summed E-state index contributed by atoms with van der Waals surface area (Å²) in [5, 5.41) is 19.0. The van der Waals surface area contributed by atoms with E-state index in [4.69, 9.17) is 13.5 Å². The number of benzene rings is 2. The van der Waals surface area contributed by atoms with E-state index in [0.29, 0.717) is 0 Å². The molecule has 0 N–H and O–H groups in total. The fourth-order valence-electron chi connectivity index (χ4n) is 2.45. The van der Waals surface area contributed by atoms with Crippen molar-refractivity contribution < 1.29 is 30.5 Å². The molecule has 3 nitrogen and oxygen atoms in total. The van der Waals surface area contributed by atoms with Crippen LogP contribution in [0.5, 0.6) is 5.75 Å². The number of hydrogen-bond acceptors (Lipinski definition) is 3. The molecule has 0 aliphatic heterocycles. The molecule has 0 amide bonds. The van der Waals surface area contributed by atoms with Crippen molar-refractivity contribution in [1.82, 2.24) is 0 Å². The minimum atomic E-state index is -1.57. The number of fused-ring (bicyclic) bond motifs is 1. The molecule has 3 rings (SSSR count). The van der Waals surface area contributed by atoms with Crippen LogP contribution in [0, 0.1) is 0 Å². The van der Waals surface area contributed by atoms with E-state index in [9.17, 15) is 0 Å². The SMILES string of the molecule is C[O-].C[O-].C[Si](C)=[Ti+2]([O]c1ccc2ccccc2c1)[C]1=CC=CC1. The first-order chi connectivity index (χ1) is 11.7.